The first-order valence-electron chi connectivity index (χ1n) is 8.29. The number of likely N-dealkylation sites (tertiary alicyclic amines) is 1. The minimum Gasteiger partial charge on any atom is -0.392 e. The number of carbonyl (C=O) groups excluding carboxylic acids is 1. The number of β-amino-alcohol motifs (C(OH)–C–C–N with tert-alkyl or cyclic N) is 1. The Hall–Kier alpha value is -1.64. The molecular formula is C17H21F3N2O3. The van der Waals surface area contributed by atoms with Gasteiger partial charge < -0.3 is 14.7 Å². The average molecular weight is 358 g/mol. The molecule has 2 atom stereocenters. The number of nitrogens with zero attached hydrogens (tertiary/aromatic N) is 2. The lowest BCUT2D eigenvalue weighted by atomic mass is 10.0. The van der Waals surface area contributed by atoms with Crippen LogP contribution in [0.4, 0.5) is 13.2 Å². The first kappa shape index (κ1) is 18.2. The van der Waals surface area contributed by atoms with Crippen LogP contribution in [0.2, 0.25) is 0 Å². The van der Waals surface area contributed by atoms with Crippen molar-refractivity contribution in [2.45, 2.75) is 24.7 Å². The predicted molar refractivity (Wildman–Crippen MR) is 83.8 cm³/mol. The van der Waals surface area contributed by atoms with Gasteiger partial charge in [-0.25, -0.2) is 0 Å². The summed E-state index contributed by atoms with van der Waals surface area (Å²) in [6, 6.07) is 4.71. The Morgan fingerprint density at radius 1 is 1.28 bits per heavy atom. The number of carbonyl (C=O) groups is 1. The molecule has 3 rings (SSSR count). The molecule has 0 saturated carbocycles. The summed E-state index contributed by atoms with van der Waals surface area (Å²) in [5, 5.41) is 9.97. The number of aliphatic hydroxyl groups excluding tert-OH is 1. The molecule has 1 aromatic rings. The first-order valence-corrected chi connectivity index (χ1v) is 8.29. The summed E-state index contributed by atoms with van der Waals surface area (Å²) in [7, 11) is 0. The van der Waals surface area contributed by atoms with Crippen LogP contribution in [0, 0.1) is 0 Å². The number of ether oxygens (including phenoxy) is 1. The first-order chi connectivity index (χ1) is 11.8. The van der Waals surface area contributed by atoms with Crippen LogP contribution in [0.25, 0.3) is 0 Å². The fourth-order valence-electron chi connectivity index (χ4n) is 3.41. The van der Waals surface area contributed by atoms with Gasteiger partial charge in [-0.3, -0.25) is 9.69 Å². The lowest BCUT2D eigenvalue weighted by Crippen LogP contribution is -2.45. The Labute approximate surface area is 144 Å². The van der Waals surface area contributed by atoms with E-state index in [9.17, 15) is 23.1 Å². The fraction of sp³-hybridized carbons (Fsp3) is 0.588. The highest BCUT2D eigenvalue weighted by molar-refractivity contribution is 5.78. The Morgan fingerprint density at radius 2 is 2.00 bits per heavy atom. The largest absolute Gasteiger partial charge is 0.416 e. The van der Waals surface area contributed by atoms with Gasteiger partial charge in [0.05, 0.1) is 31.4 Å². The Kier molecular flexibility index (Phi) is 5.31. The van der Waals surface area contributed by atoms with Gasteiger partial charge in [-0.2, -0.15) is 13.2 Å². The number of benzene rings is 1. The van der Waals surface area contributed by atoms with Gasteiger partial charge in [0, 0.05) is 25.7 Å². The lowest BCUT2D eigenvalue weighted by Gasteiger charge is -2.30. The molecule has 2 saturated heterocycles. The highest BCUT2D eigenvalue weighted by Gasteiger charge is 2.36. The van der Waals surface area contributed by atoms with Crippen LogP contribution in [0.15, 0.2) is 24.3 Å². The predicted octanol–water partition coefficient (Wildman–Crippen LogP) is 1.67. The van der Waals surface area contributed by atoms with Crippen LogP contribution >= 0.6 is 0 Å². The number of alkyl halides is 3. The standard InChI is InChI=1S/C17H21F3N2O3/c18-17(19,20)13-3-1-2-12(8-13)15-9-14(23)10-22(15)11-16(24)21-4-6-25-7-5-21/h1-3,8,14-15,23H,4-7,9-11H2. The summed E-state index contributed by atoms with van der Waals surface area (Å²) < 4.78 is 44.1. The minimum absolute atomic E-state index is 0.0813. The SMILES string of the molecule is O=C(CN1CC(O)CC1c1cccc(C(F)(F)F)c1)N1CCOCC1. The average Bonchev–Trinajstić information content (AvgIpc) is 2.95. The van der Waals surface area contributed by atoms with Gasteiger partial charge in [0.25, 0.3) is 0 Å². The van der Waals surface area contributed by atoms with E-state index in [0.29, 0.717) is 38.3 Å². The van der Waals surface area contributed by atoms with Gasteiger partial charge in [-0.15, -0.1) is 0 Å². The van der Waals surface area contributed by atoms with Crippen LogP contribution < -0.4 is 0 Å². The van der Waals surface area contributed by atoms with E-state index in [4.69, 9.17) is 4.74 Å². The van der Waals surface area contributed by atoms with Crippen LogP contribution in [-0.4, -0.2) is 66.3 Å². The molecule has 2 unspecified atom stereocenters. The van der Waals surface area contributed by atoms with Gasteiger partial charge in [0.1, 0.15) is 0 Å². The normalized spacial score (nSPS) is 25.4. The van der Waals surface area contributed by atoms with Crippen molar-refractivity contribution in [3.8, 4) is 0 Å². The van der Waals surface area contributed by atoms with Crippen molar-refractivity contribution < 1.29 is 27.8 Å². The van der Waals surface area contributed by atoms with Crippen molar-refractivity contribution in [2.24, 2.45) is 0 Å². The third-order valence-electron chi connectivity index (χ3n) is 4.68. The third-order valence-corrected chi connectivity index (χ3v) is 4.68. The van der Waals surface area contributed by atoms with Crippen molar-refractivity contribution >= 4 is 5.91 Å². The zero-order chi connectivity index (χ0) is 18.0. The molecule has 1 aromatic carbocycles. The molecule has 2 aliphatic rings. The van der Waals surface area contributed by atoms with Gasteiger partial charge in [-0.05, 0) is 24.1 Å². The van der Waals surface area contributed by atoms with Crippen molar-refractivity contribution in [3.63, 3.8) is 0 Å². The number of hydrogen-bond donors (Lipinski definition) is 1. The zero-order valence-electron chi connectivity index (χ0n) is 13.7. The Balaban J connectivity index is 1.74. The lowest BCUT2D eigenvalue weighted by molar-refractivity contribution is -0.138. The summed E-state index contributed by atoms with van der Waals surface area (Å²) in [6.45, 7) is 2.37. The molecular weight excluding hydrogens is 337 g/mol. The van der Waals surface area contributed by atoms with Crippen molar-refractivity contribution in [1.29, 1.82) is 0 Å². The van der Waals surface area contributed by atoms with E-state index >= 15 is 0 Å². The maximum absolute atomic E-state index is 12.9. The van der Waals surface area contributed by atoms with Crippen molar-refractivity contribution in [3.05, 3.63) is 35.4 Å². The number of amides is 1. The summed E-state index contributed by atoms with van der Waals surface area (Å²) in [4.78, 5) is 15.9. The number of halogens is 3. The number of hydrogen-bond acceptors (Lipinski definition) is 4. The second kappa shape index (κ2) is 7.31. The molecule has 0 aromatic heterocycles. The maximum atomic E-state index is 12.9. The van der Waals surface area contributed by atoms with E-state index in [0.717, 1.165) is 12.1 Å². The van der Waals surface area contributed by atoms with Crippen LogP contribution in [0.3, 0.4) is 0 Å². The van der Waals surface area contributed by atoms with Gasteiger partial charge in [0.2, 0.25) is 5.91 Å². The molecule has 0 spiro atoms. The molecule has 138 valence electrons. The fourth-order valence-corrected chi connectivity index (χ4v) is 3.41. The Morgan fingerprint density at radius 3 is 2.68 bits per heavy atom. The molecule has 2 fully saturated rings. The second-order valence-corrected chi connectivity index (χ2v) is 6.45. The molecule has 8 heteroatoms. The summed E-state index contributed by atoms with van der Waals surface area (Å²) in [6.07, 6.45) is -4.75. The van der Waals surface area contributed by atoms with Gasteiger partial charge >= 0.3 is 6.18 Å². The van der Waals surface area contributed by atoms with Gasteiger partial charge in [0.15, 0.2) is 0 Å². The molecule has 2 aliphatic heterocycles. The second-order valence-electron chi connectivity index (χ2n) is 6.45. The Bertz CT molecular complexity index is 617. The van der Waals surface area contributed by atoms with Crippen molar-refractivity contribution in [1.82, 2.24) is 9.80 Å². The molecule has 1 N–H and O–H groups in total. The quantitative estimate of drug-likeness (QED) is 0.893. The maximum Gasteiger partial charge on any atom is 0.416 e. The molecule has 2 heterocycles. The number of aliphatic hydroxyl groups is 1. The molecule has 1 amide bonds. The molecule has 25 heavy (non-hydrogen) atoms. The smallest absolute Gasteiger partial charge is 0.392 e. The van der Waals surface area contributed by atoms with E-state index in [1.165, 1.54) is 6.07 Å². The van der Waals surface area contributed by atoms with Crippen LogP contribution in [0.1, 0.15) is 23.6 Å². The van der Waals surface area contributed by atoms with Gasteiger partial charge in [-0.1, -0.05) is 12.1 Å². The van der Waals surface area contributed by atoms with Crippen LogP contribution in [-0.2, 0) is 15.7 Å². The third kappa shape index (κ3) is 4.31. The highest BCUT2D eigenvalue weighted by Crippen LogP contribution is 2.36. The minimum atomic E-state index is -4.41. The van der Waals surface area contributed by atoms with E-state index < -0.39 is 23.9 Å². The number of rotatable bonds is 3. The molecule has 0 bridgehead atoms. The van der Waals surface area contributed by atoms with Crippen molar-refractivity contribution in [2.75, 3.05) is 39.4 Å². The monoisotopic (exact) mass is 358 g/mol. The van der Waals surface area contributed by atoms with E-state index in [2.05, 4.69) is 0 Å². The summed E-state index contributed by atoms with van der Waals surface area (Å²) >= 11 is 0. The zero-order valence-corrected chi connectivity index (χ0v) is 13.7. The topological polar surface area (TPSA) is 53.0 Å². The summed E-state index contributed by atoms with van der Waals surface area (Å²) in [5.74, 6) is -0.0885. The summed E-state index contributed by atoms with van der Waals surface area (Å²) in [5.41, 5.74) is -0.244. The molecule has 0 radical (unpaired) electrons. The number of morpholine rings is 1. The molecule has 0 aliphatic carbocycles. The van der Waals surface area contributed by atoms with E-state index in [1.54, 1.807) is 15.9 Å². The highest BCUT2D eigenvalue weighted by atomic mass is 19.4. The van der Waals surface area contributed by atoms with E-state index in [-0.39, 0.29) is 19.0 Å². The molecule has 5 nitrogen and oxygen atoms in total. The van der Waals surface area contributed by atoms with Crippen LogP contribution in [0.5, 0.6) is 0 Å². The van der Waals surface area contributed by atoms with E-state index in [1.807, 2.05) is 0 Å².